The van der Waals surface area contributed by atoms with Crippen molar-refractivity contribution in [1.82, 2.24) is 5.48 Å². The van der Waals surface area contributed by atoms with E-state index in [-0.39, 0.29) is 0 Å². The second kappa shape index (κ2) is 7.35. The third kappa shape index (κ3) is 3.34. The summed E-state index contributed by atoms with van der Waals surface area (Å²) < 4.78 is 5.92. The molecule has 0 unspecified atom stereocenters. The molecule has 2 saturated carbocycles. The van der Waals surface area contributed by atoms with E-state index in [4.69, 9.17) is 9.94 Å². The predicted octanol–water partition coefficient (Wildman–Crippen LogP) is 5.46. The van der Waals surface area contributed by atoms with Crippen molar-refractivity contribution in [3.05, 3.63) is 59.7 Å². The second-order valence-corrected chi connectivity index (χ2v) is 8.13. The Kier molecular flexibility index (Phi) is 4.92. The van der Waals surface area contributed by atoms with Crippen molar-refractivity contribution in [3.8, 4) is 11.5 Å². The van der Waals surface area contributed by atoms with Crippen LogP contribution in [0.4, 0.5) is 0 Å². The lowest BCUT2D eigenvalue weighted by Gasteiger charge is -2.52. The molecule has 2 bridgehead atoms. The van der Waals surface area contributed by atoms with Crippen LogP contribution in [0.2, 0.25) is 0 Å². The van der Waals surface area contributed by atoms with Crippen LogP contribution in [0.1, 0.15) is 61.4 Å². The molecule has 2 N–H and O–H groups in total. The molecule has 0 atom stereocenters. The number of amides is 1. The summed E-state index contributed by atoms with van der Waals surface area (Å²) in [7, 11) is 0. The fraction of sp³-hybridized carbons (Fsp3) is 0.435. The minimum atomic E-state index is -0.530. The molecule has 2 aliphatic carbocycles. The number of nitrogens with one attached hydrogen (secondary N) is 1. The van der Waals surface area contributed by atoms with Gasteiger partial charge in [-0.2, -0.15) is 0 Å². The topological polar surface area (TPSA) is 58.6 Å². The molecule has 2 fully saturated rings. The minimum Gasteiger partial charge on any atom is -0.457 e. The van der Waals surface area contributed by atoms with E-state index in [1.54, 1.807) is 29.7 Å². The Morgan fingerprint density at radius 1 is 0.926 bits per heavy atom. The summed E-state index contributed by atoms with van der Waals surface area (Å²) in [4.78, 5) is 11.4. The Morgan fingerprint density at radius 2 is 1.41 bits per heavy atom. The third-order valence-electron chi connectivity index (χ3n) is 6.84. The van der Waals surface area contributed by atoms with Crippen molar-refractivity contribution in [2.24, 2.45) is 11.8 Å². The van der Waals surface area contributed by atoms with Crippen LogP contribution in [0.25, 0.3) is 0 Å². The minimum absolute atomic E-state index is 0.300. The molecule has 142 valence electrons. The normalized spacial score (nSPS) is 27.0. The van der Waals surface area contributed by atoms with Gasteiger partial charge in [0.15, 0.2) is 0 Å². The average Bonchev–Trinajstić information content (AvgIpc) is 2.68. The SMILES string of the molecule is CC1(c2ccc(Oc3ccc(C(=O)NO)cc3)cc2)C2CCCC1CCC2. The summed E-state index contributed by atoms with van der Waals surface area (Å²) in [5.74, 6) is 2.54. The van der Waals surface area contributed by atoms with Crippen LogP contribution in [0.5, 0.6) is 11.5 Å². The Hall–Kier alpha value is -2.33. The third-order valence-corrected chi connectivity index (χ3v) is 6.84. The number of hydroxylamine groups is 1. The smallest absolute Gasteiger partial charge is 0.274 e. The summed E-state index contributed by atoms with van der Waals surface area (Å²) in [6.07, 6.45) is 8.21. The fourth-order valence-corrected chi connectivity index (χ4v) is 5.27. The maximum absolute atomic E-state index is 11.4. The zero-order valence-corrected chi connectivity index (χ0v) is 15.8. The molecule has 0 spiro atoms. The van der Waals surface area contributed by atoms with Gasteiger partial charge in [-0.3, -0.25) is 10.0 Å². The van der Waals surface area contributed by atoms with E-state index in [2.05, 4.69) is 31.2 Å². The number of fused-ring (bicyclic) bond motifs is 2. The van der Waals surface area contributed by atoms with Crippen LogP contribution < -0.4 is 10.2 Å². The van der Waals surface area contributed by atoms with Gasteiger partial charge in [-0.1, -0.05) is 31.9 Å². The van der Waals surface area contributed by atoms with Crippen molar-refractivity contribution < 1.29 is 14.7 Å². The lowest BCUT2D eigenvalue weighted by molar-refractivity contribution is 0.0666. The standard InChI is InChI=1S/C23H27NO3/c1-23(17-4-2-5-18(23)7-3-6-17)19-10-14-21(15-11-19)27-20-12-8-16(9-13-20)22(25)24-26/h8-15,17-18,26H,2-7H2,1H3,(H,24,25). The van der Waals surface area contributed by atoms with Crippen LogP contribution in [0, 0.1) is 11.8 Å². The Morgan fingerprint density at radius 3 is 1.89 bits per heavy atom. The van der Waals surface area contributed by atoms with Crippen molar-refractivity contribution in [3.63, 3.8) is 0 Å². The van der Waals surface area contributed by atoms with E-state index in [1.165, 1.54) is 44.1 Å². The summed E-state index contributed by atoms with van der Waals surface area (Å²) in [6, 6.07) is 15.3. The second-order valence-electron chi connectivity index (χ2n) is 8.13. The molecule has 1 amide bonds. The molecular formula is C23H27NO3. The molecule has 4 heteroatoms. The highest BCUT2D eigenvalue weighted by molar-refractivity contribution is 5.93. The molecule has 2 aromatic rings. The van der Waals surface area contributed by atoms with Crippen molar-refractivity contribution in [2.45, 2.75) is 50.9 Å². The highest BCUT2D eigenvalue weighted by Gasteiger charge is 2.46. The molecule has 4 nitrogen and oxygen atoms in total. The number of rotatable bonds is 4. The maximum Gasteiger partial charge on any atom is 0.274 e. The number of carbonyl (C=O) groups is 1. The van der Waals surface area contributed by atoms with Gasteiger partial charge in [-0.15, -0.1) is 0 Å². The van der Waals surface area contributed by atoms with Gasteiger partial charge in [0.25, 0.3) is 5.91 Å². The Bertz CT molecular complexity index is 775. The summed E-state index contributed by atoms with van der Waals surface area (Å²) in [6.45, 7) is 2.47. The molecule has 0 radical (unpaired) electrons. The molecule has 2 aliphatic rings. The zero-order valence-electron chi connectivity index (χ0n) is 15.8. The van der Waals surface area contributed by atoms with Gasteiger partial charge in [0, 0.05) is 5.56 Å². The molecule has 2 aromatic carbocycles. The maximum atomic E-state index is 11.4. The van der Waals surface area contributed by atoms with Crippen LogP contribution in [-0.4, -0.2) is 11.1 Å². The van der Waals surface area contributed by atoms with Gasteiger partial charge in [-0.05, 0) is 84.9 Å². The lowest BCUT2D eigenvalue weighted by atomic mass is 9.53. The number of hydrogen-bond donors (Lipinski definition) is 2. The first-order valence-corrected chi connectivity index (χ1v) is 9.94. The van der Waals surface area contributed by atoms with Gasteiger partial charge >= 0.3 is 0 Å². The van der Waals surface area contributed by atoms with Gasteiger partial charge in [0.1, 0.15) is 11.5 Å². The number of carbonyl (C=O) groups excluding carboxylic acids is 1. The molecular weight excluding hydrogens is 338 g/mol. The predicted molar refractivity (Wildman–Crippen MR) is 104 cm³/mol. The monoisotopic (exact) mass is 365 g/mol. The average molecular weight is 365 g/mol. The van der Waals surface area contributed by atoms with E-state index in [0.29, 0.717) is 16.7 Å². The summed E-state index contributed by atoms with van der Waals surface area (Å²) in [5.41, 5.74) is 3.76. The summed E-state index contributed by atoms with van der Waals surface area (Å²) in [5, 5.41) is 8.68. The number of benzene rings is 2. The molecule has 0 aromatic heterocycles. The first-order chi connectivity index (χ1) is 13.1. The van der Waals surface area contributed by atoms with E-state index in [1.807, 2.05) is 0 Å². The fourth-order valence-electron chi connectivity index (χ4n) is 5.27. The van der Waals surface area contributed by atoms with Gasteiger partial charge < -0.3 is 4.74 Å². The highest BCUT2D eigenvalue weighted by Crippen LogP contribution is 2.54. The first kappa shape index (κ1) is 18.1. The first-order valence-electron chi connectivity index (χ1n) is 9.94. The summed E-state index contributed by atoms with van der Waals surface area (Å²) >= 11 is 0. The molecule has 0 aliphatic heterocycles. The van der Waals surface area contributed by atoms with E-state index in [0.717, 1.165) is 17.6 Å². The van der Waals surface area contributed by atoms with Gasteiger partial charge in [0.2, 0.25) is 0 Å². The van der Waals surface area contributed by atoms with E-state index >= 15 is 0 Å². The molecule has 4 rings (SSSR count). The van der Waals surface area contributed by atoms with Crippen LogP contribution in [0.15, 0.2) is 48.5 Å². The Balaban J connectivity index is 1.50. The quantitative estimate of drug-likeness (QED) is 0.559. The van der Waals surface area contributed by atoms with E-state index in [9.17, 15) is 4.79 Å². The van der Waals surface area contributed by atoms with Crippen molar-refractivity contribution in [2.75, 3.05) is 0 Å². The van der Waals surface area contributed by atoms with Crippen LogP contribution in [0.3, 0.4) is 0 Å². The Labute approximate surface area is 160 Å². The molecule has 0 saturated heterocycles. The van der Waals surface area contributed by atoms with Crippen LogP contribution >= 0.6 is 0 Å². The van der Waals surface area contributed by atoms with Crippen LogP contribution in [-0.2, 0) is 5.41 Å². The van der Waals surface area contributed by atoms with Crippen molar-refractivity contribution in [1.29, 1.82) is 0 Å². The largest absolute Gasteiger partial charge is 0.457 e. The number of ether oxygens (including phenoxy) is 1. The zero-order chi connectivity index (χ0) is 18.9. The van der Waals surface area contributed by atoms with E-state index < -0.39 is 5.91 Å². The van der Waals surface area contributed by atoms with Gasteiger partial charge in [-0.25, -0.2) is 5.48 Å². The van der Waals surface area contributed by atoms with Gasteiger partial charge in [0.05, 0.1) is 0 Å². The highest BCUT2D eigenvalue weighted by atomic mass is 16.5. The van der Waals surface area contributed by atoms with Crippen molar-refractivity contribution >= 4 is 5.91 Å². The lowest BCUT2D eigenvalue weighted by Crippen LogP contribution is -2.45. The molecule has 0 heterocycles. The molecule has 27 heavy (non-hydrogen) atoms. The number of hydrogen-bond acceptors (Lipinski definition) is 3.